The molecule has 0 saturated carbocycles. The molecule has 0 fully saturated rings. The van der Waals surface area contributed by atoms with Crippen molar-refractivity contribution in [3.8, 4) is 0 Å². The lowest BCUT2D eigenvalue weighted by Crippen LogP contribution is -1.94. The third kappa shape index (κ3) is 1.44. The highest BCUT2D eigenvalue weighted by atomic mass is 35.5. The Morgan fingerprint density at radius 1 is 1.46 bits per heavy atom. The van der Waals surface area contributed by atoms with Crippen LogP contribution >= 0.6 is 11.6 Å². The maximum Gasteiger partial charge on any atom is 0.210 e. The summed E-state index contributed by atoms with van der Waals surface area (Å²) < 4.78 is 4.52. The first kappa shape index (κ1) is 8.31. The van der Waals surface area contributed by atoms with Gasteiger partial charge >= 0.3 is 0 Å². The van der Waals surface area contributed by atoms with Gasteiger partial charge in [-0.3, -0.25) is 0 Å². The minimum atomic E-state index is -0.431. The van der Waals surface area contributed by atoms with Gasteiger partial charge in [-0.15, -0.1) is 16.7 Å². The second-order valence-electron chi connectivity index (χ2n) is 2.50. The summed E-state index contributed by atoms with van der Waals surface area (Å²) in [6.45, 7) is 1.77. The van der Waals surface area contributed by atoms with E-state index in [1.807, 2.05) is 0 Å². The molecule has 0 unspecified atom stereocenters. The van der Waals surface area contributed by atoms with Crippen molar-refractivity contribution >= 4 is 17.4 Å². The van der Waals surface area contributed by atoms with Gasteiger partial charge in [0.15, 0.2) is 11.5 Å². The number of hydrogen-bond donors (Lipinski definition) is 0. The SMILES string of the molecule is Cc1nonc1[C@H]1N=NC(CCl)=N1. The monoisotopic (exact) mass is 199 g/mol. The lowest BCUT2D eigenvalue weighted by atomic mass is 10.3. The molecule has 1 atom stereocenters. The molecule has 2 rings (SSSR count). The standard InChI is InChI=1S/C6H6ClN5O/c1-3-5(12-13-11-3)6-8-4(2-7)9-10-6/h6H,2H2,1H3/t6-/m1/s1. The van der Waals surface area contributed by atoms with E-state index in [9.17, 15) is 0 Å². The van der Waals surface area contributed by atoms with Crippen molar-refractivity contribution in [3.63, 3.8) is 0 Å². The molecular weight excluding hydrogens is 194 g/mol. The lowest BCUT2D eigenvalue weighted by molar-refractivity contribution is 0.299. The highest BCUT2D eigenvalue weighted by molar-refractivity contribution is 6.28. The maximum atomic E-state index is 5.53. The van der Waals surface area contributed by atoms with Crippen molar-refractivity contribution < 1.29 is 4.63 Å². The van der Waals surface area contributed by atoms with Crippen LogP contribution in [0.25, 0.3) is 0 Å². The van der Waals surface area contributed by atoms with E-state index < -0.39 is 6.17 Å². The molecular formula is C6H6ClN5O. The fourth-order valence-electron chi connectivity index (χ4n) is 0.964. The van der Waals surface area contributed by atoms with E-state index in [-0.39, 0.29) is 5.88 Å². The molecule has 6 nitrogen and oxygen atoms in total. The number of alkyl halides is 1. The molecule has 2 heterocycles. The summed E-state index contributed by atoms with van der Waals surface area (Å²) in [4.78, 5) is 4.10. The molecule has 1 aromatic heterocycles. The average Bonchev–Trinajstić information content (AvgIpc) is 2.71. The van der Waals surface area contributed by atoms with Crippen molar-refractivity contribution in [1.29, 1.82) is 0 Å². The van der Waals surface area contributed by atoms with E-state index in [2.05, 4.69) is 30.2 Å². The summed E-state index contributed by atoms with van der Waals surface area (Å²) >= 11 is 5.53. The van der Waals surface area contributed by atoms with Crippen LogP contribution in [0.2, 0.25) is 0 Å². The van der Waals surface area contributed by atoms with Crippen LogP contribution in [-0.4, -0.2) is 22.0 Å². The van der Waals surface area contributed by atoms with E-state index in [0.29, 0.717) is 17.2 Å². The molecule has 0 spiro atoms. The highest BCUT2D eigenvalue weighted by Crippen LogP contribution is 2.24. The van der Waals surface area contributed by atoms with E-state index in [0.717, 1.165) is 0 Å². The first-order chi connectivity index (χ1) is 6.31. The van der Waals surface area contributed by atoms with Crippen LogP contribution in [0.4, 0.5) is 0 Å². The zero-order valence-corrected chi connectivity index (χ0v) is 7.56. The maximum absolute atomic E-state index is 5.53. The van der Waals surface area contributed by atoms with Gasteiger partial charge in [0.1, 0.15) is 5.69 Å². The number of aliphatic imine (C=N–C) groups is 1. The van der Waals surface area contributed by atoms with Gasteiger partial charge in [-0.2, -0.15) is 5.11 Å². The number of hydrogen-bond acceptors (Lipinski definition) is 6. The molecule has 0 aromatic carbocycles. The molecule has 7 heteroatoms. The van der Waals surface area contributed by atoms with Crippen molar-refractivity contribution in [1.82, 2.24) is 10.3 Å². The Balaban J connectivity index is 2.26. The van der Waals surface area contributed by atoms with Crippen LogP contribution in [0.5, 0.6) is 0 Å². The fourth-order valence-corrected chi connectivity index (χ4v) is 1.09. The first-order valence-electron chi connectivity index (χ1n) is 3.64. The lowest BCUT2D eigenvalue weighted by Gasteiger charge is -1.94. The Labute approximate surface area is 78.7 Å². The van der Waals surface area contributed by atoms with Crippen LogP contribution in [0.15, 0.2) is 19.8 Å². The highest BCUT2D eigenvalue weighted by Gasteiger charge is 2.21. The summed E-state index contributed by atoms with van der Waals surface area (Å²) in [5.41, 5.74) is 1.26. The third-order valence-corrected chi connectivity index (χ3v) is 1.84. The van der Waals surface area contributed by atoms with Gasteiger partial charge in [-0.05, 0) is 6.92 Å². The van der Waals surface area contributed by atoms with E-state index in [1.54, 1.807) is 6.92 Å². The zero-order chi connectivity index (χ0) is 9.26. The number of rotatable bonds is 2. The Morgan fingerprint density at radius 2 is 2.31 bits per heavy atom. The van der Waals surface area contributed by atoms with Crippen LogP contribution in [0.1, 0.15) is 17.6 Å². The fraction of sp³-hybridized carbons (Fsp3) is 0.500. The van der Waals surface area contributed by atoms with Gasteiger partial charge in [0.2, 0.25) is 6.17 Å². The Kier molecular flexibility index (Phi) is 2.05. The van der Waals surface area contributed by atoms with Crippen molar-refractivity contribution in [2.75, 3.05) is 5.88 Å². The topological polar surface area (TPSA) is 76.0 Å². The summed E-state index contributed by atoms with van der Waals surface area (Å²) in [6.07, 6.45) is -0.431. The van der Waals surface area contributed by atoms with E-state index >= 15 is 0 Å². The molecule has 0 N–H and O–H groups in total. The molecule has 13 heavy (non-hydrogen) atoms. The molecule has 0 bridgehead atoms. The zero-order valence-electron chi connectivity index (χ0n) is 6.81. The molecule has 68 valence electrons. The second kappa shape index (κ2) is 3.21. The van der Waals surface area contributed by atoms with E-state index in [1.165, 1.54) is 0 Å². The number of nitrogens with zero attached hydrogens (tertiary/aromatic N) is 5. The van der Waals surface area contributed by atoms with Gasteiger partial charge in [-0.1, -0.05) is 10.3 Å². The Hall–Kier alpha value is -1.30. The number of amidine groups is 1. The minimum absolute atomic E-state index is 0.254. The summed E-state index contributed by atoms with van der Waals surface area (Å²) in [5.74, 6) is 0.763. The van der Waals surface area contributed by atoms with Crippen molar-refractivity contribution in [2.45, 2.75) is 13.1 Å². The molecule has 0 aliphatic carbocycles. The number of aromatic nitrogens is 2. The molecule has 0 saturated heterocycles. The molecule has 0 amide bonds. The van der Waals surface area contributed by atoms with Crippen LogP contribution in [0.3, 0.4) is 0 Å². The predicted octanol–water partition coefficient (Wildman–Crippen LogP) is 1.48. The Morgan fingerprint density at radius 3 is 2.85 bits per heavy atom. The number of azo groups is 1. The van der Waals surface area contributed by atoms with Crippen molar-refractivity contribution in [3.05, 3.63) is 11.4 Å². The van der Waals surface area contributed by atoms with Crippen LogP contribution in [-0.2, 0) is 0 Å². The molecule has 0 radical (unpaired) electrons. The van der Waals surface area contributed by atoms with Gasteiger partial charge in [0, 0.05) is 0 Å². The summed E-state index contributed by atoms with van der Waals surface area (Å²) in [5, 5.41) is 14.9. The normalized spacial score (nSPS) is 20.8. The van der Waals surface area contributed by atoms with Crippen LogP contribution < -0.4 is 0 Å². The molecule has 1 aliphatic heterocycles. The smallest absolute Gasteiger partial charge is 0.210 e. The van der Waals surface area contributed by atoms with Gasteiger partial charge in [0.25, 0.3) is 0 Å². The second-order valence-corrected chi connectivity index (χ2v) is 2.77. The van der Waals surface area contributed by atoms with Crippen LogP contribution in [0, 0.1) is 6.92 Å². The number of halogens is 1. The summed E-state index contributed by atoms with van der Waals surface area (Å²) in [6, 6.07) is 0. The quantitative estimate of drug-likeness (QED) is 0.677. The van der Waals surface area contributed by atoms with E-state index in [4.69, 9.17) is 11.6 Å². The summed E-state index contributed by atoms with van der Waals surface area (Å²) in [7, 11) is 0. The van der Waals surface area contributed by atoms with Gasteiger partial charge in [0.05, 0.1) is 5.88 Å². The predicted molar refractivity (Wildman–Crippen MR) is 44.8 cm³/mol. The molecule has 1 aliphatic rings. The van der Waals surface area contributed by atoms with Crippen molar-refractivity contribution in [2.24, 2.45) is 15.2 Å². The number of aryl methyl sites for hydroxylation is 1. The Bertz CT molecular complexity index is 371. The average molecular weight is 200 g/mol. The third-order valence-electron chi connectivity index (χ3n) is 1.61. The largest absolute Gasteiger partial charge is 0.244 e. The minimum Gasteiger partial charge on any atom is -0.244 e. The first-order valence-corrected chi connectivity index (χ1v) is 4.17. The molecule has 1 aromatic rings. The van der Waals surface area contributed by atoms with Gasteiger partial charge < -0.3 is 0 Å². The van der Waals surface area contributed by atoms with Gasteiger partial charge in [-0.25, -0.2) is 9.62 Å².